The molecule has 196 valence electrons. The predicted molar refractivity (Wildman–Crippen MR) is 153 cm³/mol. The van der Waals surface area contributed by atoms with E-state index in [9.17, 15) is 13.2 Å². The van der Waals surface area contributed by atoms with Gasteiger partial charge in [0.15, 0.2) is 6.20 Å². The molecule has 39 heavy (non-hydrogen) atoms. The number of aromatic nitrogens is 2. The van der Waals surface area contributed by atoms with Gasteiger partial charge in [0.2, 0.25) is 5.69 Å². The zero-order valence-electron chi connectivity index (χ0n) is 22.7. The molecular weight excluding hydrogens is 493 g/mol. The number of alkyl halides is 3. The first-order valence-corrected chi connectivity index (χ1v) is 13.1. The highest BCUT2D eigenvalue weighted by molar-refractivity contribution is 6.14. The molecule has 0 saturated heterocycles. The summed E-state index contributed by atoms with van der Waals surface area (Å²) in [6.45, 7) is 8.71. The van der Waals surface area contributed by atoms with Gasteiger partial charge in [-0.3, -0.25) is 0 Å². The van der Waals surface area contributed by atoms with E-state index in [4.69, 9.17) is 0 Å². The number of aryl methyl sites for hydroxylation is 2. The molecule has 2 nitrogen and oxygen atoms in total. The fraction of sp³-hybridized carbons (Fsp3) is 0.206. The second-order valence-electron chi connectivity index (χ2n) is 11.3. The number of hydrogen-bond acceptors (Lipinski definition) is 0. The van der Waals surface area contributed by atoms with E-state index in [1.165, 1.54) is 23.1 Å². The molecule has 2 heterocycles. The average Bonchev–Trinajstić information content (AvgIpc) is 3.23. The smallest absolute Gasteiger partial charge is 0.303 e. The first kappa shape index (κ1) is 25.2. The van der Waals surface area contributed by atoms with Gasteiger partial charge in [0.1, 0.15) is 12.6 Å². The van der Waals surface area contributed by atoms with E-state index in [2.05, 4.69) is 52.0 Å². The van der Waals surface area contributed by atoms with Gasteiger partial charge in [-0.2, -0.15) is 17.7 Å². The van der Waals surface area contributed by atoms with Gasteiger partial charge in [0, 0.05) is 22.5 Å². The zero-order valence-corrected chi connectivity index (χ0v) is 22.7. The van der Waals surface area contributed by atoms with Gasteiger partial charge in [-0.15, -0.1) is 0 Å². The van der Waals surface area contributed by atoms with E-state index in [-0.39, 0.29) is 10.8 Å². The van der Waals surface area contributed by atoms with Crippen molar-refractivity contribution in [1.82, 2.24) is 4.57 Å². The molecule has 0 aliphatic rings. The Bertz CT molecular complexity index is 1890. The third kappa shape index (κ3) is 3.91. The second kappa shape index (κ2) is 8.70. The molecule has 6 aromatic rings. The van der Waals surface area contributed by atoms with E-state index in [0.29, 0.717) is 10.9 Å². The van der Waals surface area contributed by atoms with Gasteiger partial charge >= 0.3 is 6.18 Å². The minimum atomic E-state index is -4.48. The lowest BCUT2D eigenvalue weighted by Gasteiger charge is -2.24. The van der Waals surface area contributed by atoms with E-state index in [1.54, 1.807) is 6.07 Å². The number of pyridine rings is 1. The van der Waals surface area contributed by atoms with Crippen LogP contribution in [0, 0.1) is 6.92 Å². The summed E-state index contributed by atoms with van der Waals surface area (Å²) in [6, 6.07) is 26.6. The summed E-state index contributed by atoms with van der Waals surface area (Å²) in [7, 11) is 1.97. The van der Waals surface area contributed by atoms with Gasteiger partial charge in [0.25, 0.3) is 0 Å². The quantitative estimate of drug-likeness (QED) is 0.200. The lowest BCUT2D eigenvalue weighted by Crippen LogP contribution is -2.31. The summed E-state index contributed by atoms with van der Waals surface area (Å²) in [5, 5.41) is 3.15. The minimum Gasteiger partial charge on any atom is -0.303 e. The number of benzene rings is 4. The topological polar surface area (TPSA) is 8.81 Å². The van der Waals surface area contributed by atoms with Gasteiger partial charge in [0.05, 0.1) is 16.6 Å². The third-order valence-corrected chi connectivity index (χ3v) is 7.77. The van der Waals surface area contributed by atoms with Crippen LogP contribution in [0.3, 0.4) is 0 Å². The monoisotopic (exact) mass is 523 g/mol. The Morgan fingerprint density at radius 1 is 0.718 bits per heavy atom. The van der Waals surface area contributed by atoms with Gasteiger partial charge in [-0.05, 0) is 64.6 Å². The summed E-state index contributed by atoms with van der Waals surface area (Å²) in [5.41, 5.74) is 5.56. The average molecular weight is 524 g/mol. The maximum absolute atomic E-state index is 14.4. The molecule has 0 unspecified atom stereocenters. The van der Waals surface area contributed by atoms with Crippen molar-refractivity contribution in [1.29, 1.82) is 0 Å². The van der Waals surface area contributed by atoms with Crippen LogP contribution in [0.15, 0.2) is 91.1 Å². The molecule has 0 radical (unpaired) electrons. The van der Waals surface area contributed by atoms with Crippen molar-refractivity contribution < 1.29 is 17.7 Å². The Morgan fingerprint density at radius 2 is 1.38 bits per heavy atom. The standard InChI is InChI=1S/C34H30F3N2/c1-21-23-14-9-10-15-24(23)28(33(2,3)4)20-26(21)31-32-25(18-19-38(31)5)30-27(34(35,36)37)16-11-17-29(30)39(32)22-12-7-6-8-13-22/h6-20H,1-5H3/q+1. The minimum absolute atomic E-state index is 0.135. The lowest BCUT2D eigenvalue weighted by molar-refractivity contribution is -0.659. The molecule has 0 atom stereocenters. The largest absolute Gasteiger partial charge is 0.417 e. The number of rotatable bonds is 2. The Hall–Kier alpha value is -4.12. The van der Waals surface area contributed by atoms with E-state index in [0.717, 1.165) is 33.4 Å². The summed E-state index contributed by atoms with van der Waals surface area (Å²) in [4.78, 5) is 0. The number of nitrogens with zero attached hydrogens (tertiary/aromatic N) is 2. The molecule has 0 aliphatic heterocycles. The van der Waals surface area contributed by atoms with Crippen LogP contribution in [0.2, 0.25) is 0 Å². The fourth-order valence-corrected chi connectivity index (χ4v) is 5.98. The van der Waals surface area contributed by atoms with Gasteiger partial charge in [-0.1, -0.05) is 69.3 Å². The number of hydrogen-bond donors (Lipinski definition) is 0. The summed E-state index contributed by atoms with van der Waals surface area (Å²) in [6.07, 6.45) is -2.60. The molecule has 5 heteroatoms. The molecule has 0 N–H and O–H groups in total. The van der Waals surface area contributed by atoms with Crippen LogP contribution in [0.4, 0.5) is 13.2 Å². The predicted octanol–water partition coefficient (Wildman–Crippen LogP) is 9.05. The summed E-state index contributed by atoms with van der Waals surface area (Å²) >= 11 is 0. The van der Waals surface area contributed by atoms with Crippen molar-refractivity contribution in [3.63, 3.8) is 0 Å². The van der Waals surface area contributed by atoms with Crippen molar-refractivity contribution in [2.75, 3.05) is 0 Å². The highest BCUT2D eigenvalue weighted by atomic mass is 19.4. The van der Waals surface area contributed by atoms with Crippen LogP contribution in [-0.2, 0) is 18.6 Å². The van der Waals surface area contributed by atoms with E-state index >= 15 is 0 Å². The zero-order chi connectivity index (χ0) is 27.7. The molecule has 0 saturated carbocycles. The van der Waals surface area contributed by atoms with Crippen LogP contribution in [0.1, 0.15) is 37.5 Å². The Balaban J connectivity index is 1.87. The van der Waals surface area contributed by atoms with Crippen LogP contribution < -0.4 is 4.57 Å². The van der Waals surface area contributed by atoms with Crippen molar-refractivity contribution in [3.05, 3.63) is 108 Å². The molecule has 0 spiro atoms. The molecule has 0 amide bonds. The Kier molecular flexibility index (Phi) is 5.62. The molecule has 6 rings (SSSR count). The van der Waals surface area contributed by atoms with Crippen molar-refractivity contribution in [3.8, 4) is 16.9 Å². The summed E-state index contributed by atoms with van der Waals surface area (Å²) in [5.74, 6) is 0. The molecular formula is C34H30F3N2+. The van der Waals surface area contributed by atoms with Crippen molar-refractivity contribution >= 4 is 32.6 Å². The normalized spacial score (nSPS) is 12.6. The van der Waals surface area contributed by atoms with E-state index < -0.39 is 11.7 Å². The molecule has 4 aromatic carbocycles. The van der Waals surface area contributed by atoms with Crippen LogP contribution >= 0.6 is 0 Å². The molecule has 0 aliphatic carbocycles. The highest BCUT2D eigenvalue weighted by Gasteiger charge is 2.36. The van der Waals surface area contributed by atoms with Gasteiger partial charge in [-0.25, -0.2) is 0 Å². The SMILES string of the molecule is Cc1c(-c2c3c(cc[n+]2C)c2c(C(F)(F)F)cccc2n3-c2ccccc2)cc(C(C)(C)C)c2ccccc12. The van der Waals surface area contributed by atoms with Crippen LogP contribution in [-0.4, -0.2) is 4.57 Å². The molecule has 0 fully saturated rings. The molecule has 2 aromatic heterocycles. The van der Waals surface area contributed by atoms with E-state index in [1.807, 2.05) is 64.8 Å². The Morgan fingerprint density at radius 3 is 2.05 bits per heavy atom. The molecule has 0 bridgehead atoms. The number of halogens is 3. The van der Waals surface area contributed by atoms with Crippen LogP contribution in [0.25, 0.3) is 49.5 Å². The summed E-state index contributed by atoms with van der Waals surface area (Å²) < 4.78 is 47.1. The maximum Gasteiger partial charge on any atom is 0.417 e. The fourth-order valence-electron chi connectivity index (χ4n) is 5.98. The Labute approximate surface area is 225 Å². The van der Waals surface area contributed by atoms with Crippen molar-refractivity contribution in [2.24, 2.45) is 7.05 Å². The maximum atomic E-state index is 14.4. The third-order valence-electron chi connectivity index (χ3n) is 7.77. The van der Waals surface area contributed by atoms with Gasteiger partial charge < -0.3 is 4.57 Å². The highest BCUT2D eigenvalue weighted by Crippen LogP contribution is 2.44. The van der Waals surface area contributed by atoms with Crippen molar-refractivity contribution in [2.45, 2.75) is 39.3 Å². The lowest BCUT2D eigenvalue weighted by atomic mass is 9.80. The number of para-hydroxylation sites is 1. The first-order valence-electron chi connectivity index (χ1n) is 13.1. The van der Waals surface area contributed by atoms with Crippen LogP contribution in [0.5, 0.6) is 0 Å². The first-order chi connectivity index (χ1) is 18.5. The second-order valence-corrected chi connectivity index (χ2v) is 11.3. The number of fused-ring (bicyclic) bond motifs is 4.